The van der Waals surface area contributed by atoms with E-state index in [-0.39, 0.29) is 37.1 Å². The van der Waals surface area contributed by atoms with Crippen molar-refractivity contribution in [1.82, 2.24) is 15.1 Å². The highest BCUT2D eigenvalue weighted by Gasteiger charge is 2.46. The van der Waals surface area contributed by atoms with Crippen LogP contribution in [0.4, 0.5) is 0 Å². The molecule has 1 aromatic carbocycles. The minimum absolute atomic E-state index is 0.0185. The summed E-state index contributed by atoms with van der Waals surface area (Å²) in [6, 6.07) is 4.80. The van der Waals surface area contributed by atoms with Crippen LogP contribution in [0, 0.1) is 0 Å². The van der Waals surface area contributed by atoms with Crippen molar-refractivity contribution in [2.24, 2.45) is 0 Å². The van der Waals surface area contributed by atoms with E-state index in [9.17, 15) is 24.0 Å². The first-order valence-corrected chi connectivity index (χ1v) is 9.01. The van der Waals surface area contributed by atoms with Crippen LogP contribution < -0.4 is 5.32 Å². The molecule has 0 radical (unpaired) electrons. The molecule has 0 aliphatic carbocycles. The van der Waals surface area contributed by atoms with Crippen molar-refractivity contribution in [1.29, 1.82) is 0 Å². The first-order valence-electron chi connectivity index (χ1n) is 9.01. The van der Waals surface area contributed by atoms with E-state index >= 15 is 0 Å². The lowest BCUT2D eigenvalue weighted by Crippen LogP contribution is -2.56. The number of nitrogens with zero attached hydrogens (tertiary/aromatic N) is 2. The number of nitrogens with one attached hydrogen (secondary N) is 1. The highest BCUT2D eigenvalue weighted by atomic mass is 16.5. The quantitative estimate of drug-likeness (QED) is 0.538. The van der Waals surface area contributed by atoms with Crippen LogP contribution in [-0.2, 0) is 19.1 Å². The van der Waals surface area contributed by atoms with Gasteiger partial charge >= 0.3 is 5.97 Å². The molecule has 2 heterocycles. The van der Waals surface area contributed by atoms with Gasteiger partial charge in [-0.2, -0.15) is 0 Å². The minimum atomic E-state index is -1.04. The lowest BCUT2D eigenvalue weighted by molar-refractivity contribution is -0.156. The second kappa shape index (κ2) is 7.89. The number of carbonyl (C=O) groups excluding carboxylic acids is 5. The van der Waals surface area contributed by atoms with Gasteiger partial charge in [-0.3, -0.25) is 33.8 Å². The minimum Gasteiger partial charge on any atom is -0.463 e. The van der Waals surface area contributed by atoms with Gasteiger partial charge in [0.05, 0.1) is 17.7 Å². The Morgan fingerprint density at radius 3 is 2.36 bits per heavy atom. The third kappa shape index (κ3) is 3.40. The average molecular weight is 387 g/mol. The predicted octanol–water partition coefficient (Wildman–Crippen LogP) is -0.0487. The summed E-state index contributed by atoms with van der Waals surface area (Å²) >= 11 is 0. The first-order chi connectivity index (χ1) is 13.4. The molecular formula is C19H21N3O6. The van der Waals surface area contributed by atoms with Crippen LogP contribution >= 0.6 is 0 Å². The standard InChI is InChI=1S/C19H21N3O6/c1-11(20-2)19(27)28-10-9-21-15(23)8-7-14(18(21)26)22-16(24)12-5-3-4-6-13(12)17(22)25/h3-6,11,14,20H,7-10H2,1-2H3/t11-,14?/m0/s1. The number of likely N-dealkylation sites (tertiary alicyclic amines) is 1. The molecule has 1 fully saturated rings. The maximum atomic E-state index is 12.8. The van der Waals surface area contributed by atoms with Gasteiger partial charge in [-0.1, -0.05) is 12.1 Å². The number of benzene rings is 1. The van der Waals surface area contributed by atoms with Crippen molar-refractivity contribution in [3.05, 3.63) is 35.4 Å². The number of likely N-dealkylation sites (N-methyl/N-ethyl adjacent to an activating group) is 1. The van der Waals surface area contributed by atoms with E-state index in [4.69, 9.17) is 4.74 Å². The lowest BCUT2D eigenvalue weighted by Gasteiger charge is -2.34. The number of amides is 4. The van der Waals surface area contributed by atoms with E-state index in [1.54, 1.807) is 26.1 Å². The average Bonchev–Trinajstić information content (AvgIpc) is 2.95. The van der Waals surface area contributed by atoms with Gasteiger partial charge in [-0.15, -0.1) is 0 Å². The molecule has 0 bridgehead atoms. The first kappa shape index (κ1) is 19.7. The summed E-state index contributed by atoms with van der Waals surface area (Å²) in [4.78, 5) is 63.8. The molecule has 1 saturated heterocycles. The van der Waals surface area contributed by atoms with Crippen molar-refractivity contribution in [3.63, 3.8) is 0 Å². The number of carbonyl (C=O) groups is 5. The Labute approximate surface area is 161 Å². The van der Waals surface area contributed by atoms with E-state index in [0.717, 1.165) is 9.80 Å². The van der Waals surface area contributed by atoms with Crippen LogP contribution in [-0.4, -0.2) is 71.7 Å². The van der Waals surface area contributed by atoms with Crippen LogP contribution in [0.25, 0.3) is 0 Å². The molecule has 0 saturated carbocycles. The number of piperidine rings is 1. The second-order valence-corrected chi connectivity index (χ2v) is 6.64. The van der Waals surface area contributed by atoms with Gasteiger partial charge in [0.15, 0.2) is 0 Å². The van der Waals surface area contributed by atoms with Crippen molar-refractivity contribution in [2.45, 2.75) is 31.8 Å². The molecule has 2 atom stereocenters. The summed E-state index contributed by atoms with van der Waals surface area (Å²) in [5, 5.41) is 2.73. The van der Waals surface area contributed by atoms with E-state index in [1.165, 1.54) is 12.1 Å². The number of fused-ring (bicyclic) bond motifs is 1. The molecule has 1 aromatic rings. The Bertz CT molecular complexity index is 817. The van der Waals surface area contributed by atoms with Crippen LogP contribution in [0.1, 0.15) is 40.5 Å². The Morgan fingerprint density at radius 1 is 1.18 bits per heavy atom. The monoisotopic (exact) mass is 387 g/mol. The van der Waals surface area contributed by atoms with Crippen molar-refractivity contribution >= 4 is 29.6 Å². The number of hydrogen-bond donors (Lipinski definition) is 1. The molecule has 9 heteroatoms. The highest BCUT2D eigenvalue weighted by molar-refractivity contribution is 6.23. The zero-order chi connectivity index (χ0) is 20.4. The normalized spacial score (nSPS) is 20.4. The Morgan fingerprint density at radius 2 is 1.79 bits per heavy atom. The SMILES string of the molecule is CN[C@@H](C)C(=O)OCCN1C(=O)CCC(N2C(=O)c3ccccc3C2=O)C1=O. The molecule has 0 aromatic heterocycles. The smallest absolute Gasteiger partial charge is 0.322 e. The van der Waals surface area contributed by atoms with E-state index in [0.29, 0.717) is 0 Å². The Hall–Kier alpha value is -3.07. The Kier molecular flexibility index (Phi) is 5.55. The van der Waals surface area contributed by atoms with Crippen LogP contribution in [0.15, 0.2) is 24.3 Å². The summed E-state index contributed by atoms with van der Waals surface area (Å²) < 4.78 is 5.05. The van der Waals surface area contributed by atoms with Gasteiger partial charge in [-0.25, -0.2) is 0 Å². The zero-order valence-electron chi connectivity index (χ0n) is 15.6. The van der Waals surface area contributed by atoms with Crippen LogP contribution in [0.5, 0.6) is 0 Å². The fraction of sp³-hybridized carbons (Fsp3) is 0.421. The van der Waals surface area contributed by atoms with Gasteiger partial charge in [-0.05, 0) is 32.5 Å². The van der Waals surface area contributed by atoms with Crippen molar-refractivity contribution < 1.29 is 28.7 Å². The number of imide groups is 2. The molecule has 2 aliphatic heterocycles. The second-order valence-electron chi connectivity index (χ2n) is 6.64. The molecule has 0 spiro atoms. The largest absolute Gasteiger partial charge is 0.463 e. The van der Waals surface area contributed by atoms with Crippen molar-refractivity contribution in [2.75, 3.05) is 20.2 Å². The fourth-order valence-electron chi connectivity index (χ4n) is 3.27. The molecule has 28 heavy (non-hydrogen) atoms. The van der Waals surface area contributed by atoms with Gasteiger partial charge in [0, 0.05) is 6.42 Å². The fourth-order valence-corrected chi connectivity index (χ4v) is 3.27. The summed E-state index contributed by atoms with van der Waals surface area (Å²) in [6.45, 7) is 1.34. The molecule has 2 aliphatic rings. The third-order valence-corrected chi connectivity index (χ3v) is 4.97. The van der Waals surface area contributed by atoms with E-state index in [1.807, 2.05) is 0 Å². The van der Waals surface area contributed by atoms with Gasteiger partial charge < -0.3 is 10.1 Å². The van der Waals surface area contributed by atoms with Gasteiger partial charge in [0.25, 0.3) is 17.7 Å². The summed E-state index contributed by atoms with van der Waals surface area (Å²) in [7, 11) is 1.61. The van der Waals surface area contributed by atoms with Gasteiger partial charge in [0.1, 0.15) is 18.7 Å². The Balaban J connectivity index is 1.70. The number of esters is 1. The van der Waals surface area contributed by atoms with Crippen molar-refractivity contribution in [3.8, 4) is 0 Å². The topological polar surface area (TPSA) is 113 Å². The van der Waals surface area contributed by atoms with E-state index in [2.05, 4.69) is 5.32 Å². The molecule has 4 amide bonds. The molecule has 3 rings (SSSR count). The predicted molar refractivity (Wildman–Crippen MR) is 96.2 cm³/mol. The maximum absolute atomic E-state index is 12.8. The van der Waals surface area contributed by atoms with Crippen LogP contribution in [0.3, 0.4) is 0 Å². The molecular weight excluding hydrogens is 366 g/mol. The van der Waals surface area contributed by atoms with Gasteiger partial charge in [0.2, 0.25) is 5.91 Å². The third-order valence-electron chi connectivity index (χ3n) is 4.97. The summed E-state index contributed by atoms with van der Waals surface area (Å²) in [5.74, 6) is -2.64. The zero-order valence-corrected chi connectivity index (χ0v) is 15.6. The molecule has 1 unspecified atom stereocenters. The number of hydrogen-bond acceptors (Lipinski definition) is 7. The molecule has 148 valence electrons. The number of ether oxygens (including phenoxy) is 1. The van der Waals surface area contributed by atoms with E-state index < -0.39 is 41.7 Å². The van der Waals surface area contributed by atoms with Crippen LogP contribution in [0.2, 0.25) is 0 Å². The highest BCUT2D eigenvalue weighted by Crippen LogP contribution is 2.28. The summed E-state index contributed by atoms with van der Waals surface area (Å²) in [6.07, 6.45) is 0.0981. The lowest BCUT2D eigenvalue weighted by atomic mass is 10.0. The maximum Gasteiger partial charge on any atom is 0.322 e. The number of rotatable bonds is 6. The summed E-state index contributed by atoms with van der Waals surface area (Å²) in [5.41, 5.74) is 0.498. The molecule has 1 N–H and O–H groups in total. The molecule has 9 nitrogen and oxygen atoms in total.